The Morgan fingerprint density at radius 2 is 1.94 bits per heavy atom. The van der Waals surface area contributed by atoms with Gasteiger partial charge in [-0.05, 0) is 19.1 Å². The molecule has 0 saturated carbocycles. The summed E-state index contributed by atoms with van der Waals surface area (Å²) in [5.41, 5.74) is 5.73. The van der Waals surface area contributed by atoms with Gasteiger partial charge in [-0.15, -0.1) is 0 Å². The van der Waals surface area contributed by atoms with Crippen LogP contribution >= 0.6 is 0 Å². The van der Waals surface area contributed by atoms with Crippen LogP contribution in [0.2, 0.25) is 0 Å². The fraction of sp³-hybridized carbons (Fsp3) is 0.300. The minimum Gasteiger partial charge on any atom is -0.398 e. The molecule has 1 rings (SSSR count). The summed E-state index contributed by atoms with van der Waals surface area (Å²) in [4.78, 5) is 11.3. The van der Waals surface area contributed by atoms with Crippen molar-refractivity contribution >= 4 is 21.4 Å². The summed E-state index contributed by atoms with van der Waals surface area (Å²) >= 11 is 0. The van der Waals surface area contributed by atoms with E-state index >= 15 is 0 Å². The average Bonchev–Trinajstić information content (AvgIpc) is 2.27. The second kappa shape index (κ2) is 4.52. The van der Waals surface area contributed by atoms with Gasteiger partial charge in [-0.25, -0.2) is 8.42 Å². The molecule has 1 aromatic rings. The Morgan fingerprint density at radius 1 is 1.38 bits per heavy atom. The molecule has 0 aromatic heterocycles. The summed E-state index contributed by atoms with van der Waals surface area (Å²) in [6.45, 7) is 1.33. The lowest BCUT2D eigenvalue weighted by atomic mass is 10.3. The summed E-state index contributed by atoms with van der Waals surface area (Å²) < 4.78 is 24.0. The number of amides is 1. The molecule has 0 spiro atoms. The Balaban J connectivity index is 3.23. The molecule has 0 aliphatic heterocycles. The summed E-state index contributed by atoms with van der Waals surface area (Å²) in [5.74, 6) is -0.553. The van der Waals surface area contributed by atoms with Crippen LogP contribution < -0.4 is 11.1 Å². The van der Waals surface area contributed by atoms with Gasteiger partial charge in [0, 0.05) is 7.05 Å². The van der Waals surface area contributed by atoms with Gasteiger partial charge in [0.25, 0.3) is 0 Å². The van der Waals surface area contributed by atoms with Crippen LogP contribution in [0.4, 0.5) is 5.69 Å². The van der Waals surface area contributed by atoms with Crippen LogP contribution in [-0.4, -0.2) is 26.6 Å². The minimum absolute atomic E-state index is 0.00824. The first kappa shape index (κ1) is 12.5. The topological polar surface area (TPSA) is 89.3 Å². The number of nitrogens with one attached hydrogen (secondary N) is 1. The zero-order chi connectivity index (χ0) is 12.3. The Morgan fingerprint density at radius 3 is 2.44 bits per heavy atom. The van der Waals surface area contributed by atoms with E-state index in [0.29, 0.717) is 0 Å². The van der Waals surface area contributed by atoms with Crippen molar-refractivity contribution in [1.29, 1.82) is 0 Å². The molecule has 1 amide bonds. The first-order valence-corrected chi connectivity index (χ1v) is 6.26. The number of para-hydroxylation sites is 1. The molecule has 0 radical (unpaired) electrons. The van der Waals surface area contributed by atoms with E-state index in [0.717, 1.165) is 0 Å². The molecule has 0 heterocycles. The lowest BCUT2D eigenvalue weighted by Crippen LogP contribution is -2.36. The molecule has 0 fully saturated rings. The van der Waals surface area contributed by atoms with Crippen LogP contribution in [-0.2, 0) is 14.6 Å². The van der Waals surface area contributed by atoms with Gasteiger partial charge in [0.05, 0.1) is 10.6 Å². The van der Waals surface area contributed by atoms with E-state index in [4.69, 9.17) is 5.73 Å². The Hall–Kier alpha value is -1.56. The fourth-order valence-electron chi connectivity index (χ4n) is 1.27. The number of hydrogen-bond donors (Lipinski definition) is 2. The van der Waals surface area contributed by atoms with E-state index in [-0.39, 0.29) is 10.6 Å². The zero-order valence-electron chi connectivity index (χ0n) is 9.10. The standard InChI is InChI=1S/C10H14N2O3S/c1-7(10(13)12-2)16(14,15)9-6-4-3-5-8(9)11/h3-7H,11H2,1-2H3,(H,12,13). The normalized spacial score (nSPS) is 13.1. The van der Waals surface area contributed by atoms with Gasteiger partial charge >= 0.3 is 0 Å². The van der Waals surface area contributed by atoms with Crippen molar-refractivity contribution in [2.45, 2.75) is 17.1 Å². The fourth-order valence-corrected chi connectivity index (χ4v) is 2.72. The number of benzene rings is 1. The van der Waals surface area contributed by atoms with Gasteiger partial charge in [0.15, 0.2) is 9.84 Å². The van der Waals surface area contributed by atoms with Gasteiger partial charge in [-0.2, -0.15) is 0 Å². The summed E-state index contributed by atoms with van der Waals surface area (Å²) in [7, 11) is -2.33. The predicted molar refractivity (Wildman–Crippen MR) is 61.6 cm³/mol. The maximum absolute atomic E-state index is 12.0. The van der Waals surface area contributed by atoms with Gasteiger partial charge in [0.2, 0.25) is 5.91 Å². The van der Waals surface area contributed by atoms with Crippen LogP contribution in [0.1, 0.15) is 6.92 Å². The molecule has 1 aromatic carbocycles. The van der Waals surface area contributed by atoms with E-state index < -0.39 is 21.0 Å². The van der Waals surface area contributed by atoms with Crippen molar-refractivity contribution in [1.82, 2.24) is 5.32 Å². The van der Waals surface area contributed by atoms with Crippen LogP contribution in [0.25, 0.3) is 0 Å². The number of hydrogen-bond acceptors (Lipinski definition) is 4. The van der Waals surface area contributed by atoms with Crippen LogP contribution in [0.5, 0.6) is 0 Å². The van der Waals surface area contributed by atoms with Crippen molar-refractivity contribution in [2.24, 2.45) is 0 Å². The van der Waals surface area contributed by atoms with E-state index in [2.05, 4.69) is 5.32 Å². The highest BCUT2D eigenvalue weighted by molar-refractivity contribution is 7.93. The van der Waals surface area contributed by atoms with Crippen molar-refractivity contribution < 1.29 is 13.2 Å². The molecule has 16 heavy (non-hydrogen) atoms. The van der Waals surface area contributed by atoms with Crippen LogP contribution in [0.3, 0.4) is 0 Å². The number of sulfone groups is 1. The maximum atomic E-state index is 12.0. The Kier molecular flexibility index (Phi) is 3.54. The number of anilines is 1. The third-order valence-electron chi connectivity index (χ3n) is 2.31. The minimum atomic E-state index is -3.72. The molecule has 0 aliphatic carbocycles. The average molecular weight is 242 g/mol. The van der Waals surface area contributed by atoms with Crippen molar-refractivity contribution in [3.05, 3.63) is 24.3 Å². The van der Waals surface area contributed by atoms with Crippen molar-refractivity contribution in [3.63, 3.8) is 0 Å². The third kappa shape index (κ3) is 2.16. The number of nitrogen functional groups attached to an aromatic ring is 1. The van der Waals surface area contributed by atoms with E-state index in [9.17, 15) is 13.2 Å². The second-order valence-electron chi connectivity index (χ2n) is 3.34. The van der Waals surface area contributed by atoms with Crippen molar-refractivity contribution in [2.75, 3.05) is 12.8 Å². The Bertz CT molecular complexity index is 497. The highest BCUT2D eigenvalue weighted by atomic mass is 32.2. The van der Waals surface area contributed by atoms with E-state index in [1.165, 1.54) is 26.1 Å². The van der Waals surface area contributed by atoms with Crippen LogP contribution in [0.15, 0.2) is 29.2 Å². The zero-order valence-corrected chi connectivity index (χ0v) is 9.91. The van der Waals surface area contributed by atoms with Gasteiger partial charge < -0.3 is 11.1 Å². The smallest absolute Gasteiger partial charge is 0.238 e. The first-order valence-electron chi connectivity index (χ1n) is 4.71. The number of carbonyl (C=O) groups excluding carboxylic acids is 1. The largest absolute Gasteiger partial charge is 0.398 e. The van der Waals surface area contributed by atoms with E-state index in [1.54, 1.807) is 12.1 Å². The SMILES string of the molecule is CNC(=O)C(C)S(=O)(=O)c1ccccc1N. The maximum Gasteiger partial charge on any atom is 0.238 e. The van der Waals surface area contributed by atoms with Crippen molar-refractivity contribution in [3.8, 4) is 0 Å². The lowest BCUT2D eigenvalue weighted by Gasteiger charge is -2.12. The highest BCUT2D eigenvalue weighted by Crippen LogP contribution is 2.22. The number of rotatable bonds is 3. The first-order chi connectivity index (χ1) is 7.41. The van der Waals surface area contributed by atoms with Gasteiger partial charge in [0.1, 0.15) is 5.25 Å². The van der Waals surface area contributed by atoms with Crippen LogP contribution in [0, 0.1) is 0 Å². The third-order valence-corrected chi connectivity index (χ3v) is 4.44. The lowest BCUT2D eigenvalue weighted by molar-refractivity contribution is -0.119. The molecule has 3 N–H and O–H groups in total. The number of nitrogens with two attached hydrogens (primary N) is 1. The highest BCUT2D eigenvalue weighted by Gasteiger charge is 2.30. The molecule has 0 saturated heterocycles. The summed E-state index contributed by atoms with van der Waals surface area (Å²) in [6, 6.07) is 6.09. The molecule has 1 atom stereocenters. The summed E-state index contributed by atoms with van der Waals surface area (Å²) in [5, 5.41) is 1.15. The molecule has 0 bridgehead atoms. The van der Waals surface area contributed by atoms with Gasteiger partial charge in [-0.3, -0.25) is 4.79 Å². The molecule has 88 valence electrons. The second-order valence-corrected chi connectivity index (χ2v) is 5.58. The monoisotopic (exact) mass is 242 g/mol. The Labute approximate surface area is 94.6 Å². The molecule has 0 aliphatic rings. The van der Waals surface area contributed by atoms with E-state index in [1.807, 2.05) is 0 Å². The summed E-state index contributed by atoms with van der Waals surface area (Å²) in [6.07, 6.45) is 0. The molecule has 5 nitrogen and oxygen atoms in total. The molecular weight excluding hydrogens is 228 g/mol. The molecular formula is C10H14N2O3S. The molecule has 1 unspecified atom stereocenters. The number of carbonyl (C=O) groups is 1. The van der Waals surface area contributed by atoms with Gasteiger partial charge in [-0.1, -0.05) is 12.1 Å². The quantitative estimate of drug-likeness (QED) is 0.740. The molecule has 6 heteroatoms. The predicted octanol–water partition coefficient (Wildman–Crippen LogP) is 0.177.